The van der Waals surface area contributed by atoms with Crippen LogP contribution in [0, 0.1) is 6.92 Å². The van der Waals surface area contributed by atoms with Crippen molar-refractivity contribution >= 4 is 28.5 Å². The zero-order valence-electron chi connectivity index (χ0n) is 9.55. The molecule has 1 N–H and O–H groups in total. The molecule has 3 nitrogen and oxygen atoms in total. The van der Waals surface area contributed by atoms with Crippen LogP contribution in [-0.4, -0.2) is 24.0 Å². The van der Waals surface area contributed by atoms with Crippen LogP contribution in [0.15, 0.2) is 18.2 Å². The SMILES string of the molecule is COc1cc(C(=O)NCCCI)ccc1C. The number of carbonyl (C=O) groups excluding carboxylic acids is 1. The molecule has 1 rings (SSSR count). The molecule has 0 aliphatic heterocycles. The molecule has 0 saturated carbocycles. The highest BCUT2D eigenvalue weighted by Crippen LogP contribution is 2.18. The number of alkyl halides is 1. The van der Waals surface area contributed by atoms with Crippen LogP contribution in [0.3, 0.4) is 0 Å². The molecule has 88 valence electrons. The summed E-state index contributed by atoms with van der Waals surface area (Å²) in [6, 6.07) is 5.48. The van der Waals surface area contributed by atoms with Crippen LogP contribution in [0.2, 0.25) is 0 Å². The van der Waals surface area contributed by atoms with E-state index in [0.29, 0.717) is 5.56 Å². The summed E-state index contributed by atoms with van der Waals surface area (Å²) < 4.78 is 6.23. The van der Waals surface area contributed by atoms with Gasteiger partial charge in [-0.25, -0.2) is 0 Å². The number of nitrogens with one attached hydrogen (secondary N) is 1. The average Bonchev–Trinajstić information content (AvgIpc) is 2.30. The molecule has 1 amide bonds. The van der Waals surface area contributed by atoms with Gasteiger partial charge in [-0.15, -0.1) is 0 Å². The first-order valence-corrected chi connectivity index (χ1v) is 6.70. The molecule has 0 aliphatic rings. The van der Waals surface area contributed by atoms with Crippen molar-refractivity contribution in [3.63, 3.8) is 0 Å². The molecule has 0 radical (unpaired) electrons. The Labute approximate surface area is 110 Å². The third kappa shape index (κ3) is 3.66. The predicted octanol–water partition coefficient (Wildman–Crippen LogP) is 2.56. The molecule has 0 heterocycles. The lowest BCUT2D eigenvalue weighted by molar-refractivity contribution is 0.0953. The minimum atomic E-state index is -0.0387. The van der Waals surface area contributed by atoms with Crippen molar-refractivity contribution in [1.29, 1.82) is 0 Å². The number of rotatable bonds is 5. The molecule has 0 aliphatic carbocycles. The monoisotopic (exact) mass is 333 g/mol. The van der Waals surface area contributed by atoms with E-state index in [0.717, 1.165) is 28.7 Å². The van der Waals surface area contributed by atoms with E-state index in [1.54, 1.807) is 13.2 Å². The van der Waals surface area contributed by atoms with Crippen molar-refractivity contribution in [2.24, 2.45) is 0 Å². The van der Waals surface area contributed by atoms with Crippen molar-refractivity contribution in [3.8, 4) is 5.75 Å². The number of ether oxygens (including phenoxy) is 1. The summed E-state index contributed by atoms with van der Waals surface area (Å²) in [4.78, 5) is 11.7. The number of carbonyl (C=O) groups is 1. The fraction of sp³-hybridized carbons (Fsp3) is 0.417. The largest absolute Gasteiger partial charge is 0.496 e. The number of benzene rings is 1. The molecule has 1 aromatic rings. The summed E-state index contributed by atoms with van der Waals surface area (Å²) in [5, 5.41) is 2.87. The molecule has 0 unspecified atom stereocenters. The van der Waals surface area contributed by atoms with Crippen LogP contribution >= 0.6 is 22.6 Å². The summed E-state index contributed by atoms with van der Waals surface area (Å²) in [5.74, 6) is 0.713. The zero-order valence-corrected chi connectivity index (χ0v) is 11.7. The Morgan fingerprint density at radius 2 is 2.25 bits per heavy atom. The van der Waals surface area contributed by atoms with E-state index < -0.39 is 0 Å². The van der Waals surface area contributed by atoms with E-state index in [9.17, 15) is 4.79 Å². The smallest absolute Gasteiger partial charge is 0.251 e. The summed E-state index contributed by atoms with van der Waals surface area (Å²) >= 11 is 2.29. The number of aryl methyl sites for hydroxylation is 1. The fourth-order valence-corrected chi connectivity index (χ4v) is 1.71. The molecule has 0 atom stereocenters. The Bertz CT molecular complexity index is 366. The van der Waals surface area contributed by atoms with Crippen LogP contribution in [0.5, 0.6) is 5.75 Å². The van der Waals surface area contributed by atoms with Crippen LogP contribution in [0.4, 0.5) is 0 Å². The summed E-state index contributed by atoms with van der Waals surface area (Å²) in [6.45, 7) is 2.68. The van der Waals surface area contributed by atoms with Gasteiger partial charge in [0.25, 0.3) is 5.91 Å². The lowest BCUT2D eigenvalue weighted by Crippen LogP contribution is -2.24. The quantitative estimate of drug-likeness (QED) is 0.511. The average molecular weight is 333 g/mol. The lowest BCUT2D eigenvalue weighted by atomic mass is 10.1. The van der Waals surface area contributed by atoms with Gasteiger partial charge < -0.3 is 10.1 Å². The van der Waals surface area contributed by atoms with Crippen LogP contribution in [0.1, 0.15) is 22.3 Å². The number of methoxy groups -OCH3 is 1. The lowest BCUT2D eigenvalue weighted by Gasteiger charge is -2.08. The molecular weight excluding hydrogens is 317 g/mol. The second kappa shape index (κ2) is 6.73. The zero-order chi connectivity index (χ0) is 12.0. The number of hydrogen-bond donors (Lipinski definition) is 1. The van der Waals surface area contributed by atoms with Gasteiger partial charge in [-0.1, -0.05) is 28.7 Å². The standard InChI is InChI=1S/C12H16INO2/c1-9-4-5-10(8-11(9)16-2)12(15)14-7-3-6-13/h4-5,8H,3,6-7H2,1-2H3,(H,14,15). The summed E-state index contributed by atoms with van der Waals surface area (Å²) in [5.41, 5.74) is 1.68. The third-order valence-electron chi connectivity index (χ3n) is 2.27. The van der Waals surface area contributed by atoms with E-state index in [-0.39, 0.29) is 5.91 Å². The van der Waals surface area contributed by atoms with Gasteiger partial charge in [-0.3, -0.25) is 4.79 Å². The molecular formula is C12H16INO2. The topological polar surface area (TPSA) is 38.3 Å². The second-order valence-corrected chi connectivity index (χ2v) is 4.56. The Morgan fingerprint density at radius 1 is 1.50 bits per heavy atom. The van der Waals surface area contributed by atoms with E-state index in [1.807, 2.05) is 19.1 Å². The molecule has 0 spiro atoms. The Kier molecular flexibility index (Phi) is 5.59. The highest BCUT2D eigenvalue weighted by Gasteiger charge is 2.07. The first kappa shape index (κ1) is 13.3. The van der Waals surface area contributed by atoms with E-state index in [4.69, 9.17) is 4.74 Å². The number of hydrogen-bond acceptors (Lipinski definition) is 2. The van der Waals surface area contributed by atoms with Gasteiger partial charge in [0, 0.05) is 16.5 Å². The summed E-state index contributed by atoms with van der Waals surface area (Å²) in [6.07, 6.45) is 0.995. The molecule has 16 heavy (non-hydrogen) atoms. The molecule has 0 fully saturated rings. The van der Waals surface area contributed by atoms with E-state index in [2.05, 4.69) is 27.9 Å². The Morgan fingerprint density at radius 3 is 2.88 bits per heavy atom. The first-order chi connectivity index (χ1) is 7.69. The Hall–Kier alpha value is -0.780. The van der Waals surface area contributed by atoms with Crippen molar-refractivity contribution in [1.82, 2.24) is 5.32 Å². The van der Waals surface area contributed by atoms with Gasteiger partial charge >= 0.3 is 0 Å². The molecule has 0 saturated heterocycles. The summed E-state index contributed by atoms with van der Waals surface area (Å²) in [7, 11) is 1.61. The first-order valence-electron chi connectivity index (χ1n) is 5.18. The highest BCUT2D eigenvalue weighted by molar-refractivity contribution is 14.1. The van der Waals surface area contributed by atoms with Crippen LogP contribution in [0.25, 0.3) is 0 Å². The highest BCUT2D eigenvalue weighted by atomic mass is 127. The van der Waals surface area contributed by atoms with Gasteiger partial charge in [-0.2, -0.15) is 0 Å². The minimum Gasteiger partial charge on any atom is -0.496 e. The maximum absolute atomic E-state index is 11.7. The van der Waals surface area contributed by atoms with Gasteiger partial charge in [0.2, 0.25) is 0 Å². The fourth-order valence-electron chi connectivity index (χ4n) is 1.33. The van der Waals surface area contributed by atoms with Crippen molar-refractivity contribution in [2.75, 3.05) is 18.1 Å². The molecule has 0 bridgehead atoms. The molecule has 0 aromatic heterocycles. The number of amides is 1. The van der Waals surface area contributed by atoms with Crippen molar-refractivity contribution in [2.45, 2.75) is 13.3 Å². The van der Waals surface area contributed by atoms with E-state index >= 15 is 0 Å². The molecule has 1 aromatic carbocycles. The van der Waals surface area contributed by atoms with Gasteiger partial charge in [0.15, 0.2) is 0 Å². The van der Waals surface area contributed by atoms with Crippen LogP contribution < -0.4 is 10.1 Å². The van der Waals surface area contributed by atoms with Gasteiger partial charge in [0.1, 0.15) is 5.75 Å². The molecule has 4 heteroatoms. The third-order valence-corrected chi connectivity index (χ3v) is 3.03. The van der Waals surface area contributed by atoms with Crippen molar-refractivity contribution < 1.29 is 9.53 Å². The van der Waals surface area contributed by atoms with Crippen LogP contribution in [-0.2, 0) is 0 Å². The Balaban J connectivity index is 2.68. The van der Waals surface area contributed by atoms with Gasteiger partial charge in [0.05, 0.1) is 7.11 Å². The minimum absolute atomic E-state index is 0.0387. The maximum atomic E-state index is 11.7. The normalized spacial score (nSPS) is 9.94. The van der Waals surface area contributed by atoms with E-state index in [1.165, 1.54) is 0 Å². The second-order valence-electron chi connectivity index (χ2n) is 3.48. The van der Waals surface area contributed by atoms with Gasteiger partial charge in [-0.05, 0) is 31.0 Å². The number of halogens is 1. The predicted molar refractivity (Wildman–Crippen MR) is 73.6 cm³/mol. The van der Waals surface area contributed by atoms with Crippen molar-refractivity contribution in [3.05, 3.63) is 29.3 Å². The maximum Gasteiger partial charge on any atom is 0.251 e.